The second kappa shape index (κ2) is 5.16. The van der Waals surface area contributed by atoms with Crippen molar-refractivity contribution in [2.45, 2.75) is 10.6 Å². The molecule has 2 heterocycles. The molecule has 2 aromatic rings. The highest BCUT2D eigenvalue weighted by atomic mass is 32.2. The minimum Gasteiger partial charge on any atom is -0.481 e. The Hall–Kier alpha value is -1.86. The average Bonchev–Trinajstić information content (AvgIpc) is 3.00. The highest BCUT2D eigenvalue weighted by molar-refractivity contribution is 7.94. The molecule has 0 fully saturated rings. The molecule has 1 aromatic heterocycles. The number of nitrogens with zero attached hydrogens (tertiary/aromatic N) is 1. The molecule has 0 saturated heterocycles. The average molecular weight is 323 g/mol. The lowest BCUT2D eigenvalue weighted by Crippen LogP contribution is -2.42. The van der Waals surface area contributed by atoms with Gasteiger partial charge in [0.15, 0.2) is 0 Å². The van der Waals surface area contributed by atoms with Crippen molar-refractivity contribution in [1.29, 1.82) is 0 Å². The summed E-state index contributed by atoms with van der Waals surface area (Å²) in [5, 5.41) is 11.0. The van der Waals surface area contributed by atoms with Gasteiger partial charge in [-0.1, -0.05) is 24.3 Å². The fraction of sp³-hybridized carbons (Fsp3) is 0.214. The summed E-state index contributed by atoms with van der Waals surface area (Å²) < 4.78 is 26.9. The molecular weight excluding hydrogens is 310 g/mol. The third kappa shape index (κ3) is 2.43. The molecule has 1 N–H and O–H groups in total. The van der Waals surface area contributed by atoms with Gasteiger partial charge in [0.1, 0.15) is 4.21 Å². The van der Waals surface area contributed by atoms with Crippen molar-refractivity contribution in [3.63, 3.8) is 0 Å². The third-order valence-corrected chi connectivity index (χ3v) is 6.65. The van der Waals surface area contributed by atoms with Crippen LogP contribution < -0.4 is 4.31 Å². The van der Waals surface area contributed by atoms with Crippen LogP contribution in [0.25, 0.3) is 0 Å². The van der Waals surface area contributed by atoms with Crippen molar-refractivity contribution >= 4 is 33.0 Å². The summed E-state index contributed by atoms with van der Waals surface area (Å²) in [5.41, 5.74) is 1.32. The molecule has 0 spiro atoms. The normalized spacial score (nSPS) is 18.3. The van der Waals surface area contributed by atoms with E-state index in [0.29, 0.717) is 12.1 Å². The number of sulfonamides is 1. The van der Waals surface area contributed by atoms with E-state index in [1.54, 1.807) is 35.7 Å². The van der Waals surface area contributed by atoms with Gasteiger partial charge >= 0.3 is 5.97 Å². The van der Waals surface area contributed by atoms with Crippen LogP contribution in [0.15, 0.2) is 46.0 Å². The summed E-state index contributed by atoms with van der Waals surface area (Å²) in [6.45, 7) is -0.0351. The van der Waals surface area contributed by atoms with Crippen molar-refractivity contribution < 1.29 is 18.3 Å². The number of hydrogen-bond donors (Lipinski definition) is 1. The number of carboxylic acids is 1. The maximum Gasteiger partial charge on any atom is 0.308 e. The molecule has 1 aliphatic rings. The SMILES string of the molecule is O=C(O)C1Cc2ccccc2N(S(=O)(=O)c2cccs2)C1. The number of thiophene rings is 1. The lowest BCUT2D eigenvalue weighted by atomic mass is 9.94. The first-order valence-corrected chi connectivity index (χ1v) is 8.69. The van der Waals surface area contributed by atoms with E-state index >= 15 is 0 Å². The Labute approximate surface area is 126 Å². The summed E-state index contributed by atoms with van der Waals surface area (Å²) in [4.78, 5) is 11.3. The molecule has 110 valence electrons. The predicted octanol–water partition coefficient (Wildman–Crippen LogP) is 2.20. The number of para-hydroxylation sites is 1. The van der Waals surface area contributed by atoms with Gasteiger partial charge in [-0.05, 0) is 29.5 Å². The Bertz CT molecular complexity index is 768. The zero-order valence-corrected chi connectivity index (χ0v) is 12.6. The van der Waals surface area contributed by atoms with Crippen LogP contribution in [0.5, 0.6) is 0 Å². The van der Waals surface area contributed by atoms with E-state index in [4.69, 9.17) is 0 Å². The zero-order valence-electron chi connectivity index (χ0n) is 11.0. The standard InChI is InChI=1S/C14H13NO4S2/c16-14(17)11-8-10-4-1-2-5-12(10)15(9-11)21(18,19)13-6-3-7-20-13/h1-7,11H,8-9H2,(H,16,17). The molecule has 0 bridgehead atoms. The molecule has 3 rings (SSSR count). The molecule has 5 nitrogen and oxygen atoms in total. The van der Waals surface area contributed by atoms with E-state index in [1.165, 1.54) is 10.4 Å². The number of benzene rings is 1. The maximum absolute atomic E-state index is 12.7. The first-order chi connectivity index (χ1) is 10.00. The van der Waals surface area contributed by atoms with Gasteiger partial charge in [0.05, 0.1) is 11.6 Å². The molecule has 1 atom stereocenters. The Balaban J connectivity index is 2.11. The second-order valence-electron chi connectivity index (χ2n) is 4.84. The molecule has 1 aliphatic heterocycles. The quantitative estimate of drug-likeness (QED) is 0.939. The van der Waals surface area contributed by atoms with Crippen LogP contribution in [0.3, 0.4) is 0 Å². The largest absolute Gasteiger partial charge is 0.481 e. The minimum absolute atomic E-state index is 0.0351. The van der Waals surface area contributed by atoms with Crippen LogP contribution >= 0.6 is 11.3 Å². The molecule has 7 heteroatoms. The highest BCUT2D eigenvalue weighted by Crippen LogP contribution is 2.35. The second-order valence-corrected chi connectivity index (χ2v) is 7.87. The molecule has 1 unspecified atom stereocenters. The molecule has 0 amide bonds. The van der Waals surface area contributed by atoms with Crippen molar-refractivity contribution in [3.05, 3.63) is 47.3 Å². The van der Waals surface area contributed by atoms with E-state index in [2.05, 4.69) is 0 Å². The van der Waals surface area contributed by atoms with Crippen LogP contribution in [0.2, 0.25) is 0 Å². The predicted molar refractivity (Wildman–Crippen MR) is 80.1 cm³/mol. The highest BCUT2D eigenvalue weighted by Gasteiger charge is 2.36. The van der Waals surface area contributed by atoms with Gasteiger partial charge in [0, 0.05) is 6.54 Å². The van der Waals surface area contributed by atoms with Crippen molar-refractivity contribution in [2.75, 3.05) is 10.8 Å². The van der Waals surface area contributed by atoms with Gasteiger partial charge in [0.25, 0.3) is 10.0 Å². The van der Waals surface area contributed by atoms with Gasteiger partial charge < -0.3 is 5.11 Å². The molecule has 0 aliphatic carbocycles. The molecular formula is C14H13NO4S2. The number of rotatable bonds is 3. The van der Waals surface area contributed by atoms with Crippen LogP contribution in [-0.4, -0.2) is 26.0 Å². The van der Waals surface area contributed by atoms with E-state index in [0.717, 1.165) is 16.9 Å². The summed E-state index contributed by atoms with van der Waals surface area (Å²) in [6, 6.07) is 10.3. The number of carbonyl (C=O) groups is 1. The van der Waals surface area contributed by atoms with E-state index in [-0.39, 0.29) is 10.8 Å². The molecule has 0 radical (unpaired) electrons. The van der Waals surface area contributed by atoms with Crippen LogP contribution in [-0.2, 0) is 21.2 Å². The van der Waals surface area contributed by atoms with Gasteiger partial charge in [-0.3, -0.25) is 9.10 Å². The fourth-order valence-electron chi connectivity index (χ4n) is 2.47. The first kappa shape index (κ1) is 14.1. The smallest absolute Gasteiger partial charge is 0.308 e. The van der Waals surface area contributed by atoms with Gasteiger partial charge in [-0.2, -0.15) is 0 Å². The number of fused-ring (bicyclic) bond motifs is 1. The molecule has 1 aromatic carbocycles. The summed E-state index contributed by atoms with van der Waals surface area (Å²) >= 11 is 1.13. The zero-order chi connectivity index (χ0) is 15.0. The fourth-order valence-corrected chi connectivity index (χ4v) is 5.12. The van der Waals surface area contributed by atoms with Gasteiger partial charge in [-0.15, -0.1) is 11.3 Å². The lowest BCUT2D eigenvalue weighted by Gasteiger charge is -2.33. The number of aliphatic carboxylic acids is 1. The topological polar surface area (TPSA) is 74.7 Å². The Morgan fingerprint density at radius 3 is 2.67 bits per heavy atom. The van der Waals surface area contributed by atoms with Gasteiger partial charge in [-0.25, -0.2) is 8.42 Å². The number of carboxylic acid groups (broad SMARTS) is 1. The third-order valence-electron chi connectivity index (χ3n) is 3.50. The van der Waals surface area contributed by atoms with Gasteiger partial charge in [0.2, 0.25) is 0 Å². The van der Waals surface area contributed by atoms with Crippen molar-refractivity contribution in [1.82, 2.24) is 0 Å². The minimum atomic E-state index is -3.71. The summed E-state index contributed by atoms with van der Waals surface area (Å²) in [6.07, 6.45) is 0.349. The van der Waals surface area contributed by atoms with E-state index < -0.39 is 21.9 Å². The maximum atomic E-state index is 12.7. The van der Waals surface area contributed by atoms with Crippen LogP contribution in [0, 0.1) is 5.92 Å². The van der Waals surface area contributed by atoms with Crippen molar-refractivity contribution in [3.8, 4) is 0 Å². The summed E-state index contributed by atoms with van der Waals surface area (Å²) in [5.74, 6) is -1.70. The summed E-state index contributed by atoms with van der Waals surface area (Å²) in [7, 11) is -3.71. The van der Waals surface area contributed by atoms with E-state index in [1.807, 2.05) is 0 Å². The lowest BCUT2D eigenvalue weighted by molar-refractivity contribution is -0.141. The Morgan fingerprint density at radius 1 is 1.24 bits per heavy atom. The molecule has 21 heavy (non-hydrogen) atoms. The Kier molecular flexibility index (Phi) is 3.46. The van der Waals surface area contributed by atoms with Crippen LogP contribution in [0.4, 0.5) is 5.69 Å². The molecule has 0 saturated carbocycles. The number of hydrogen-bond acceptors (Lipinski definition) is 4. The Morgan fingerprint density at radius 2 is 2.00 bits per heavy atom. The van der Waals surface area contributed by atoms with Crippen molar-refractivity contribution in [2.24, 2.45) is 5.92 Å². The first-order valence-electron chi connectivity index (χ1n) is 6.37. The monoisotopic (exact) mass is 323 g/mol. The number of anilines is 1. The van der Waals surface area contributed by atoms with Crippen LogP contribution in [0.1, 0.15) is 5.56 Å². The van der Waals surface area contributed by atoms with E-state index in [9.17, 15) is 18.3 Å².